The van der Waals surface area contributed by atoms with Crippen molar-refractivity contribution in [1.29, 1.82) is 0 Å². The van der Waals surface area contributed by atoms with Crippen LogP contribution in [0.25, 0.3) is 0 Å². The van der Waals surface area contributed by atoms with Gasteiger partial charge in [0, 0.05) is 12.1 Å². The fourth-order valence-corrected chi connectivity index (χ4v) is 5.26. The average Bonchev–Trinajstić information content (AvgIpc) is 2.84. The molecule has 0 heterocycles. The minimum Gasteiger partial charge on any atom is -0.488 e. The van der Waals surface area contributed by atoms with Crippen LogP contribution >= 0.6 is 0 Å². The third-order valence-electron chi connectivity index (χ3n) is 5.73. The van der Waals surface area contributed by atoms with Crippen molar-refractivity contribution in [3.63, 3.8) is 0 Å². The smallest absolute Gasteiger partial charge is 0.329 e. The Labute approximate surface area is 243 Å². The van der Waals surface area contributed by atoms with Crippen molar-refractivity contribution >= 4 is 27.5 Å². The molecule has 2 N–H and O–H groups in total. The molecule has 3 aromatic rings. The van der Waals surface area contributed by atoms with Crippen LogP contribution < -0.4 is 15.4 Å². The Kier molecular flexibility index (Phi) is 9.86. The first kappa shape index (κ1) is 31.7. The van der Waals surface area contributed by atoms with Crippen molar-refractivity contribution in [3.8, 4) is 5.75 Å². The number of benzene rings is 3. The van der Waals surface area contributed by atoms with Crippen molar-refractivity contribution < 1.29 is 27.5 Å². The van der Waals surface area contributed by atoms with Crippen molar-refractivity contribution in [2.45, 2.75) is 82.8 Å². The number of carbonyl (C=O) groups excluding carboxylic acids is 2. The van der Waals surface area contributed by atoms with Crippen molar-refractivity contribution in [3.05, 3.63) is 89.5 Å². The van der Waals surface area contributed by atoms with Crippen LogP contribution in [0, 0.1) is 6.92 Å². The monoisotopic (exact) mass is 580 g/mol. The summed E-state index contributed by atoms with van der Waals surface area (Å²) in [6.45, 7) is 13.1. The van der Waals surface area contributed by atoms with Gasteiger partial charge in [0.1, 0.15) is 23.0 Å². The number of hydrogen-bond acceptors (Lipinski definition) is 6. The number of amides is 2. The van der Waals surface area contributed by atoms with E-state index >= 15 is 0 Å². The van der Waals surface area contributed by atoms with Crippen molar-refractivity contribution in [2.75, 3.05) is 5.32 Å². The predicted octanol–water partition coefficient (Wildman–Crippen LogP) is 6.22. The molecule has 3 aromatic carbocycles. The minimum atomic E-state index is -3.51. The van der Waals surface area contributed by atoms with Gasteiger partial charge in [0.05, 0.1) is 10.6 Å². The quantitative estimate of drug-likeness (QED) is 0.291. The van der Waals surface area contributed by atoms with Crippen LogP contribution in [0.5, 0.6) is 5.75 Å². The Morgan fingerprint density at radius 3 is 1.88 bits per heavy atom. The third-order valence-corrected chi connectivity index (χ3v) is 7.44. The summed E-state index contributed by atoms with van der Waals surface area (Å²) in [5.74, 6) is -0.0155. The number of ether oxygens (including phenoxy) is 2. The summed E-state index contributed by atoms with van der Waals surface area (Å²) >= 11 is 0. The molecule has 0 bridgehead atoms. The molecule has 220 valence electrons. The molecule has 0 fully saturated rings. The summed E-state index contributed by atoms with van der Waals surface area (Å²) in [5, 5.41) is 5.43. The number of anilines is 1. The summed E-state index contributed by atoms with van der Waals surface area (Å²) in [4.78, 5) is 26.1. The van der Waals surface area contributed by atoms with Gasteiger partial charge in [-0.2, -0.15) is 0 Å². The van der Waals surface area contributed by atoms with Crippen LogP contribution in [-0.2, 0) is 31.5 Å². The van der Waals surface area contributed by atoms with E-state index in [4.69, 9.17) is 9.47 Å². The first-order valence-corrected chi connectivity index (χ1v) is 15.1. The molecule has 41 heavy (non-hydrogen) atoms. The molecule has 0 unspecified atom stereocenters. The SMILES string of the molecule is Cc1ccc(S(=O)(=O)Cc2ccc(NC(=O)N[C@@H](Cc3ccc(OC(C)(C)C)cc3)C(=O)OC(C)(C)C)cc2)cc1. The van der Waals surface area contributed by atoms with E-state index in [1.807, 2.05) is 52.0 Å². The van der Waals surface area contributed by atoms with Gasteiger partial charge in [-0.25, -0.2) is 18.0 Å². The minimum absolute atomic E-state index is 0.164. The highest BCUT2D eigenvalue weighted by atomic mass is 32.2. The summed E-state index contributed by atoms with van der Waals surface area (Å²) in [6, 6.07) is 19.1. The zero-order valence-electron chi connectivity index (χ0n) is 24.8. The second-order valence-electron chi connectivity index (χ2n) is 12.0. The molecule has 0 spiro atoms. The average molecular weight is 581 g/mol. The maximum absolute atomic E-state index is 13.0. The highest BCUT2D eigenvalue weighted by Gasteiger charge is 2.27. The number of esters is 1. The maximum Gasteiger partial charge on any atom is 0.329 e. The molecule has 0 aromatic heterocycles. The number of rotatable bonds is 9. The Bertz CT molecular complexity index is 1430. The van der Waals surface area contributed by atoms with Gasteiger partial charge in [-0.05, 0) is 96.0 Å². The lowest BCUT2D eigenvalue weighted by Gasteiger charge is -2.25. The van der Waals surface area contributed by atoms with Gasteiger partial charge < -0.3 is 20.1 Å². The van der Waals surface area contributed by atoms with E-state index in [9.17, 15) is 18.0 Å². The molecule has 1 atom stereocenters. The summed E-state index contributed by atoms with van der Waals surface area (Å²) in [7, 11) is -3.51. The topological polar surface area (TPSA) is 111 Å². The molecule has 2 amide bonds. The molecule has 0 aliphatic carbocycles. The van der Waals surface area contributed by atoms with Crippen LogP contribution in [0.2, 0.25) is 0 Å². The predicted molar refractivity (Wildman–Crippen MR) is 161 cm³/mol. The van der Waals surface area contributed by atoms with E-state index < -0.39 is 33.5 Å². The van der Waals surface area contributed by atoms with E-state index in [0.29, 0.717) is 17.0 Å². The number of sulfone groups is 1. The molecule has 0 aliphatic rings. The van der Waals surface area contributed by atoms with Gasteiger partial charge in [-0.3, -0.25) is 0 Å². The zero-order chi connectivity index (χ0) is 30.4. The molecule has 8 nitrogen and oxygen atoms in total. The number of aryl methyl sites for hydroxylation is 1. The molecule has 0 saturated carbocycles. The van der Waals surface area contributed by atoms with E-state index in [-0.39, 0.29) is 22.7 Å². The first-order chi connectivity index (χ1) is 19.0. The summed E-state index contributed by atoms with van der Waals surface area (Å²) in [6.07, 6.45) is 0.216. The van der Waals surface area contributed by atoms with Crippen LogP contribution in [-0.4, -0.2) is 37.7 Å². The first-order valence-electron chi connectivity index (χ1n) is 13.5. The number of urea groups is 1. The number of nitrogens with one attached hydrogen (secondary N) is 2. The van der Waals surface area contributed by atoms with Gasteiger partial charge in [-0.1, -0.05) is 42.0 Å². The molecule has 0 radical (unpaired) electrons. The molecule has 0 saturated heterocycles. The lowest BCUT2D eigenvalue weighted by atomic mass is 10.1. The standard InChI is InChI=1S/C32H40N2O6S/c1-22-8-18-27(19-9-22)41(37,38)21-24-10-14-25(15-11-24)33-30(36)34-28(29(35)40-32(5,6)7)20-23-12-16-26(17-13-23)39-31(2,3)4/h8-19,28H,20-21H2,1-7H3,(H2,33,34,36)/t28-/m0/s1. The Morgan fingerprint density at radius 2 is 1.34 bits per heavy atom. The molecule has 3 rings (SSSR count). The fourth-order valence-electron chi connectivity index (χ4n) is 3.91. The van der Waals surface area contributed by atoms with Gasteiger partial charge in [0.15, 0.2) is 9.84 Å². The third kappa shape index (κ3) is 10.6. The second kappa shape index (κ2) is 12.8. The van der Waals surface area contributed by atoms with Crippen LogP contribution in [0.15, 0.2) is 77.7 Å². The van der Waals surface area contributed by atoms with Crippen LogP contribution in [0.3, 0.4) is 0 Å². The Balaban J connectivity index is 1.67. The Hall–Kier alpha value is -3.85. The molecular formula is C32H40N2O6S. The van der Waals surface area contributed by atoms with E-state index in [2.05, 4.69) is 10.6 Å². The summed E-state index contributed by atoms with van der Waals surface area (Å²) in [5.41, 5.74) is 1.77. The van der Waals surface area contributed by atoms with E-state index in [1.165, 1.54) is 0 Å². The zero-order valence-corrected chi connectivity index (χ0v) is 25.6. The number of carbonyl (C=O) groups is 2. The van der Waals surface area contributed by atoms with E-state index in [0.717, 1.165) is 11.1 Å². The fraction of sp³-hybridized carbons (Fsp3) is 0.375. The van der Waals surface area contributed by atoms with Crippen LogP contribution in [0.4, 0.5) is 10.5 Å². The molecule has 9 heteroatoms. The summed E-state index contributed by atoms with van der Waals surface area (Å²) < 4.78 is 36.9. The van der Waals surface area contributed by atoms with Gasteiger partial charge in [0.25, 0.3) is 0 Å². The van der Waals surface area contributed by atoms with Crippen LogP contribution in [0.1, 0.15) is 58.2 Å². The Morgan fingerprint density at radius 1 is 0.780 bits per heavy atom. The van der Waals surface area contributed by atoms with Gasteiger partial charge >= 0.3 is 12.0 Å². The largest absolute Gasteiger partial charge is 0.488 e. The normalized spacial score (nSPS) is 12.8. The highest BCUT2D eigenvalue weighted by molar-refractivity contribution is 7.90. The van der Waals surface area contributed by atoms with E-state index in [1.54, 1.807) is 69.3 Å². The van der Waals surface area contributed by atoms with Gasteiger partial charge in [-0.15, -0.1) is 0 Å². The second-order valence-corrected chi connectivity index (χ2v) is 14.0. The molecular weight excluding hydrogens is 540 g/mol. The highest BCUT2D eigenvalue weighted by Crippen LogP contribution is 2.21. The van der Waals surface area contributed by atoms with Crippen molar-refractivity contribution in [1.82, 2.24) is 5.32 Å². The molecule has 0 aliphatic heterocycles. The number of hydrogen-bond donors (Lipinski definition) is 2. The lowest BCUT2D eigenvalue weighted by Crippen LogP contribution is -2.47. The van der Waals surface area contributed by atoms with Gasteiger partial charge in [0.2, 0.25) is 0 Å². The van der Waals surface area contributed by atoms with Crippen molar-refractivity contribution in [2.24, 2.45) is 0 Å². The maximum atomic E-state index is 13.0. The lowest BCUT2D eigenvalue weighted by molar-refractivity contribution is -0.157.